The van der Waals surface area contributed by atoms with Crippen molar-refractivity contribution < 1.29 is 14.3 Å². The molecule has 1 rings (SSSR count). The second-order valence-corrected chi connectivity index (χ2v) is 4.86. The van der Waals surface area contributed by atoms with Gasteiger partial charge >= 0.3 is 6.03 Å². The van der Waals surface area contributed by atoms with Gasteiger partial charge in [0.1, 0.15) is 5.82 Å². The topological polar surface area (TPSA) is 55.8 Å². The minimum Gasteiger partial charge on any atom is -0.395 e. The van der Waals surface area contributed by atoms with Crippen molar-refractivity contribution in [1.82, 2.24) is 15.1 Å². The molecule has 1 aromatic rings. The van der Waals surface area contributed by atoms with Crippen molar-refractivity contribution in [2.75, 3.05) is 40.8 Å². The maximum absolute atomic E-state index is 12.9. The number of benzene rings is 1. The van der Waals surface area contributed by atoms with E-state index in [1.165, 1.54) is 17.0 Å². The Hall–Kier alpha value is -1.66. The molecule has 1 atom stereocenters. The van der Waals surface area contributed by atoms with Crippen LogP contribution in [0.15, 0.2) is 24.3 Å². The quantitative estimate of drug-likeness (QED) is 0.821. The lowest BCUT2D eigenvalue weighted by atomic mass is 10.1. The van der Waals surface area contributed by atoms with Crippen molar-refractivity contribution in [2.45, 2.75) is 6.04 Å². The number of hydrogen-bond donors (Lipinski definition) is 2. The van der Waals surface area contributed by atoms with E-state index in [0.717, 1.165) is 5.56 Å². The monoisotopic (exact) mass is 283 g/mol. The van der Waals surface area contributed by atoms with Gasteiger partial charge in [-0.2, -0.15) is 0 Å². The van der Waals surface area contributed by atoms with Gasteiger partial charge in [0.15, 0.2) is 0 Å². The van der Waals surface area contributed by atoms with E-state index in [4.69, 9.17) is 5.11 Å². The number of nitrogens with zero attached hydrogens (tertiary/aromatic N) is 2. The van der Waals surface area contributed by atoms with Crippen LogP contribution in [0.4, 0.5) is 9.18 Å². The molecule has 0 aromatic heterocycles. The predicted octanol–water partition coefficient (Wildman–Crippen LogP) is 1.06. The molecule has 0 heterocycles. The molecule has 0 radical (unpaired) electrons. The average Bonchev–Trinajstić information content (AvgIpc) is 2.40. The molecule has 5 nitrogen and oxygen atoms in total. The van der Waals surface area contributed by atoms with Gasteiger partial charge in [-0.25, -0.2) is 9.18 Å². The molecule has 1 aromatic carbocycles. The molecule has 0 bridgehead atoms. The smallest absolute Gasteiger partial charge is 0.317 e. The lowest BCUT2D eigenvalue weighted by Crippen LogP contribution is -2.42. The summed E-state index contributed by atoms with van der Waals surface area (Å²) < 4.78 is 12.9. The summed E-state index contributed by atoms with van der Waals surface area (Å²) in [5, 5.41) is 11.6. The van der Waals surface area contributed by atoms with Gasteiger partial charge in [0.05, 0.1) is 12.6 Å². The molecule has 0 fully saturated rings. The van der Waals surface area contributed by atoms with Crippen LogP contribution in [-0.4, -0.2) is 61.8 Å². The second kappa shape index (κ2) is 7.81. The number of urea groups is 1. The Morgan fingerprint density at radius 2 is 1.90 bits per heavy atom. The van der Waals surface area contributed by atoms with Crippen LogP contribution in [0.2, 0.25) is 0 Å². The molecule has 0 spiro atoms. The second-order valence-electron chi connectivity index (χ2n) is 4.86. The summed E-state index contributed by atoms with van der Waals surface area (Å²) >= 11 is 0. The average molecular weight is 283 g/mol. The highest BCUT2D eigenvalue weighted by atomic mass is 19.1. The van der Waals surface area contributed by atoms with Gasteiger partial charge in [0, 0.05) is 20.1 Å². The van der Waals surface area contributed by atoms with Crippen LogP contribution in [0.1, 0.15) is 11.6 Å². The SMILES string of the molecule is CN(CCO)C(=O)NCC(c1ccc(F)cc1)N(C)C. The summed E-state index contributed by atoms with van der Waals surface area (Å²) in [5.41, 5.74) is 0.932. The number of carbonyl (C=O) groups is 1. The zero-order valence-electron chi connectivity index (χ0n) is 12.1. The van der Waals surface area contributed by atoms with Gasteiger partial charge in [-0.15, -0.1) is 0 Å². The van der Waals surface area contributed by atoms with Gasteiger partial charge in [0.25, 0.3) is 0 Å². The van der Waals surface area contributed by atoms with Crippen molar-refractivity contribution in [2.24, 2.45) is 0 Å². The van der Waals surface area contributed by atoms with Gasteiger partial charge in [-0.05, 0) is 31.8 Å². The van der Waals surface area contributed by atoms with E-state index in [1.54, 1.807) is 19.2 Å². The number of hydrogen-bond acceptors (Lipinski definition) is 3. The molecule has 20 heavy (non-hydrogen) atoms. The standard InChI is InChI=1S/C14H22FN3O2/c1-17(2)13(11-4-6-12(15)7-5-11)10-16-14(20)18(3)8-9-19/h4-7,13,19H,8-10H2,1-3H3,(H,16,20). The lowest BCUT2D eigenvalue weighted by Gasteiger charge is -2.26. The van der Waals surface area contributed by atoms with Crippen molar-refractivity contribution in [3.63, 3.8) is 0 Å². The molecule has 0 saturated heterocycles. The van der Waals surface area contributed by atoms with E-state index in [9.17, 15) is 9.18 Å². The van der Waals surface area contributed by atoms with Crippen molar-refractivity contribution >= 4 is 6.03 Å². The Labute approximate surface area is 119 Å². The summed E-state index contributed by atoms with van der Waals surface area (Å²) in [6.07, 6.45) is 0. The highest BCUT2D eigenvalue weighted by Crippen LogP contribution is 2.17. The summed E-state index contributed by atoms with van der Waals surface area (Å²) in [5.74, 6) is -0.280. The van der Waals surface area contributed by atoms with Crippen LogP contribution in [-0.2, 0) is 0 Å². The highest BCUT2D eigenvalue weighted by Gasteiger charge is 2.16. The third-order valence-electron chi connectivity index (χ3n) is 3.11. The van der Waals surface area contributed by atoms with E-state index in [2.05, 4.69) is 5.32 Å². The van der Waals surface area contributed by atoms with Crippen LogP contribution in [0, 0.1) is 5.82 Å². The minimum atomic E-state index is -0.280. The third kappa shape index (κ3) is 4.79. The largest absolute Gasteiger partial charge is 0.395 e. The van der Waals surface area contributed by atoms with E-state index in [1.807, 2.05) is 19.0 Å². The normalized spacial score (nSPS) is 12.3. The molecule has 0 saturated carbocycles. The first-order chi connectivity index (χ1) is 9.45. The van der Waals surface area contributed by atoms with Crippen LogP contribution in [0.25, 0.3) is 0 Å². The molecule has 112 valence electrons. The molecule has 2 N–H and O–H groups in total. The first-order valence-corrected chi connectivity index (χ1v) is 6.47. The fourth-order valence-electron chi connectivity index (χ4n) is 1.85. The number of halogens is 1. The number of aliphatic hydroxyl groups is 1. The Morgan fingerprint density at radius 1 is 1.30 bits per heavy atom. The number of aliphatic hydroxyl groups excluding tert-OH is 1. The summed E-state index contributed by atoms with van der Waals surface area (Å²) in [6.45, 7) is 0.626. The van der Waals surface area contributed by atoms with Gasteiger partial charge in [0.2, 0.25) is 0 Å². The predicted molar refractivity (Wildman–Crippen MR) is 75.9 cm³/mol. The molecular weight excluding hydrogens is 261 g/mol. The fraction of sp³-hybridized carbons (Fsp3) is 0.500. The Balaban J connectivity index is 2.64. The van der Waals surface area contributed by atoms with Gasteiger partial charge in [-0.1, -0.05) is 12.1 Å². The van der Waals surface area contributed by atoms with Gasteiger partial charge in [-0.3, -0.25) is 0 Å². The van der Waals surface area contributed by atoms with Crippen molar-refractivity contribution in [3.8, 4) is 0 Å². The first-order valence-electron chi connectivity index (χ1n) is 6.47. The van der Waals surface area contributed by atoms with Crippen LogP contribution >= 0.6 is 0 Å². The molecule has 0 aliphatic heterocycles. The molecular formula is C14H22FN3O2. The fourth-order valence-corrected chi connectivity index (χ4v) is 1.85. The third-order valence-corrected chi connectivity index (χ3v) is 3.11. The number of nitrogens with one attached hydrogen (secondary N) is 1. The van der Waals surface area contributed by atoms with E-state index >= 15 is 0 Å². The Kier molecular flexibility index (Phi) is 6.41. The van der Waals surface area contributed by atoms with Gasteiger partial charge < -0.3 is 20.2 Å². The number of likely N-dealkylation sites (N-methyl/N-ethyl adjacent to an activating group) is 2. The van der Waals surface area contributed by atoms with Crippen LogP contribution < -0.4 is 5.32 Å². The number of amides is 2. The zero-order chi connectivity index (χ0) is 15.1. The minimum absolute atomic E-state index is 0.0397. The van der Waals surface area contributed by atoms with Crippen LogP contribution in [0.3, 0.4) is 0 Å². The maximum atomic E-state index is 12.9. The molecule has 0 aliphatic carbocycles. The molecule has 1 unspecified atom stereocenters. The number of rotatable bonds is 6. The summed E-state index contributed by atoms with van der Waals surface area (Å²) in [6, 6.07) is 5.96. The van der Waals surface area contributed by atoms with E-state index in [-0.39, 0.29) is 31.0 Å². The summed E-state index contributed by atoms with van der Waals surface area (Å²) in [4.78, 5) is 15.1. The Bertz CT molecular complexity index is 423. The lowest BCUT2D eigenvalue weighted by molar-refractivity contribution is 0.186. The maximum Gasteiger partial charge on any atom is 0.317 e. The van der Waals surface area contributed by atoms with Crippen molar-refractivity contribution in [1.29, 1.82) is 0 Å². The van der Waals surface area contributed by atoms with E-state index in [0.29, 0.717) is 6.54 Å². The van der Waals surface area contributed by atoms with Crippen LogP contribution in [0.5, 0.6) is 0 Å². The molecule has 6 heteroatoms. The first kappa shape index (κ1) is 16.4. The zero-order valence-corrected chi connectivity index (χ0v) is 12.1. The van der Waals surface area contributed by atoms with Crippen molar-refractivity contribution in [3.05, 3.63) is 35.6 Å². The highest BCUT2D eigenvalue weighted by molar-refractivity contribution is 5.73. The number of carbonyl (C=O) groups excluding carboxylic acids is 1. The Morgan fingerprint density at radius 3 is 2.40 bits per heavy atom. The molecule has 0 aliphatic rings. The molecule has 2 amide bonds. The summed E-state index contributed by atoms with van der Waals surface area (Å²) in [7, 11) is 5.42. The van der Waals surface area contributed by atoms with E-state index < -0.39 is 0 Å².